The van der Waals surface area contributed by atoms with Crippen LogP contribution in [0.4, 0.5) is 11.6 Å². The third kappa shape index (κ3) is 2.87. The Morgan fingerprint density at radius 1 is 1.12 bits per heavy atom. The van der Waals surface area contributed by atoms with Gasteiger partial charge in [-0.05, 0) is 39.5 Å². The molecule has 0 spiro atoms. The van der Waals surface area contributed by atoms with Gasteiger partial charge >= 0.3 is 0 Å². The van der Waals surface area contributed by atoms with E-state index in [-0.39, 0.29) is 0 Å². The number of rotatable bonds is 5. The molecule has 1 saturated carbocycles. The van der Waals surface area contributed by atoms with Crippen LogP contribution in [0.25, 0.3) is 0 Å². The summed E-state index contributed by atoms with van der Waals surface area (Å²) in [4.78, 5) is 8.91. The maximum atomic E-state index is 4.48. The summed E-state index contributed by atoms with van der Waals surface area (Å²) in [5.41, 5.74) is 1.12. The molecule has 1 fully saturated rings. The molecule has 4 nitrogen and oxygen atoms in total. The van der Waals surface area contributed by atoms with E-state index in [4.69, 9.17) is 0 Å². The number of aryl methyl sites for hydroxylation is 1. The Bertz CT molecular complexity index is 385. The minimum absolute atomic E-state index is 0.822. The van der Waals surface area contributed by atoms with Crippen LogP contribution in [0.5, 0.6) is 0 Å². The van der Waals surface area contributed by atoms with Crippen molar-refractivity contribution < 1.29 is 0 Å². The summed E-state index contributed by atoms with van der Waals surface area (Å²) in [5.74, 6) is 3.60. The second kappa shape index (κ2) is 5.34. The zero-order valence-corrected chi connectivity index (χ0v) is 11.0. The van der Waals surface area contributed by atoms with Crippen molar-refractivity contribution in [2.24, 2.45) is 5.92 Å². The van der Waals surface area contributed by atoms with Gasteiger partial charge in [-0.2, -0.15) is 0 Å². The predicted octanol–water partition coefficient (Wildman–Crippen LogP) is 2.74. The highest BCUT2D eigenvalue weighted by Gasteiger charge is 2.18. The normalized spacial score (nSPS) is 15.5. The largest absolute Gasteiger partial charge is 0.370 e. The molecule has 1 aliphatic rings. The second-order valence-corrected chi connectivity index (χ2v) is 4.80. The topological polar surface area (TPSA) is 49.8 Å². The summed E-state index contributed by atoms with van der Waals surface area (Å²) < 4.78 is 0. The first-order valence-corrected chi connectivity index (χ1v) is 6.53. The van der Waals surface area contributed by atoms with Crippen LogP contribution < -0.4 is 10.6 Å². The molecule has 2 rings (SSSR count). The standard InChI is InChI=1S/C13H22N4/c1-4-14-12-9(2)13(17-10(3)16-12)15-8-11-6-5-7-11/h11H,4-8H2,1-3H3,(H2,14,15,16,17). The molecule has 94 valence electrons. The van der Waals surface area contributed by atoms with Gasteiger partial charge in [0.25, 0.3) is 0 Å². The highest BCUT2D eigenvalue weighted by Crippen LogP contribution is 2.27. The van der Waals surface area contributed by atoms with Crippen molar-refractivity contribution in [2.45, 2.75) is 40.0 Å². The summed E-state index contributed by atoms with van der Waals surface area (Å²) >= 11 is 0. The third-order valence-electron chi connectivity index (χ3n) is 3.38. The summed E-state index contributed by atoms with van der Waals surface area (Å²) in [5, 5.41) is 6.74. The lowest BCUT2D eigenvalue weighted by atomic mass is 9.85. The summed E-state index contributed by atoms with van der Waals surface area (Å²) in [7, 11) is 0. The Morgan fingerprint density at radius 3 is 2.29 bits per heavy atom. The zero-order chi connectivity index (χ0) is 12.3. The Labute approximate surface area is 103 Å². The molecule has 0 bridgehead atoms. The van der Waals surface area contributed by atoms with Crippen LogP contribution in [0.2, 0.25) is 0 Å². The quantitative estimate of drug-likeness (QED) is 0.822. The molecule has 1 aromatic rings. The van der Waals surface area contributed by atoms with E-state index in [1.165, 1.54) is 19.3 Å². The van der Waals surface area contributed by atoms with Gasteiger partial charge in [0.1, 0.15) is 17.5 Å². The first-order valence-electron chi connectivity index (χ1n) is 6.53. The molecule has 0 aromatic carbocycles. The lowest BCUT2D eigenvalue weighted by Crippen LogP contribution is -2.22. The molecule has 1 aliphatic carbocycles. The van der Waals surface area contributed by atoms with Gasteiger partial charge in [0.15, 0.2) is 0 Å². The minimum Gasteiger partial charge on any atom is -0.370 e. The van der Waals surface area contributed by atoms with Gasteiger partial charge in [0.05, 0.1) is 0 Å². The molecule has 1 aromatic heterocycles. The number of anilines is 2. The fourth-order valence-electron chi connectivity index (χ4n) is 2.08. The zero-order valence-electron chi connectivity index (χ0n) is 11.0. The third-order valence-corrected chi connectivity index (χ3v) is 3.38. The minimum atomic E-state index is 0.822. The van der Waals surface area contributed by atoms with Crippen LogP contribution in [-0.2, 0) is 0 Å². The van der Waals surface area contributed by atoms with Crippen molar-refractivity contribution in [3.63, 3.8) is 0 Å². The van der Waals surface area contributed by atoms with E-state index in [2.05, 4.69) is 34.4 Å². The molecule has 17 heavy (non-hydrogen) atoms. The van der Waals surface area contributed by atoms with Crippen LogP contribution in [0.1, 0.15) is 37.6 Å². The van der Waals surface area contributed by atoms with Gasteiger partial charge in [-0.1, -0.05) is 6.42 Å². The Kier molecular flexibility index (Phi) is 3.82. The first kappa shape index (κ1) is 12.1. The second-order valence-electron chi connectivity index (χ2n) is 4.80. The van der Waals surface area contributed by atoms with E-state index in [0.29, 0.717) is 0 Å². The first-order chi connectivity index (χ1) is 8.20. The van der Waals surface area contributed by atoms with Gasteiger partial charge in [0, 0.05) is 18.7 Å². The highest BCUT2D eigenvalue weighted by molar-refractivity contribution is 5.57. The van der Waals surface area contributed by atoms with E-state index in [0.717, 1.165) is 42.0 Å². The average molecular weight is 234 g/mol. The van der Waals surface area contributed by atoms with E-state index in [9.17, 15) is 0 Å². The van der Waals surface area contributed by atoms with Crippen molar-refractivity contribution in [3.05, 3.63) is 11.4 Å². The molecular weight excluding hydrogens is 212 g/mol. The fourth-order valence-corrected chi connectivity index (χ4v) is 2.08. The fraction of sp³-hybridized carbons (Fsp3) is 0.692. The molecule has 1 heterocycles. The Hall–Kier alpha value is -1.32. The van der Waals surface area contributed by atoms with Crippen molar-refractivity contribution >= 4 is 11.6 Å². The summed E-state index contributed by atoms with van der Waals surface area (Å²) in [6, 6.07) is 0. The number of hydrogen-bond donors (Lipinski definition) is 2. The molecular formula is C13H22N4. The van der Waals surface area contributed by atoms with Crippen molar-refractivity contribution in [2.75, 3.05) is 23.7 Å². The van der Waals surface area contributed by atoms with E-state index in [1.54, 1.807) is 0 Å². The molecule has 0 unspecified atom stereocenters. The van der Waals surface area contributed by atoms with Crippen molar-refractivity contribution in [3.8, 4) is 0 Å². The van der Waals surface area contributed by atoms with Crippen molar-refractivity contribution in [1.29, 1.82) is 0 Å². The number of nitrogens with zero attached hydrogens (tertiary/aromatic N) is 2. The number of aromatic nitrogens is 2. The van der Waals surface area contributed by atoms with Gasteiger partial charge < -0.3 is 10.6 Å². The molecule has 0 radical (unpaired) electrons. The number of nitrogens with one attached hydrogen (secondary N) is 2. The smallest absolute Gasteiger partial charge is 0.134 e. The molecule has 2 N–H and O–H groups in total. The molecule has 0 aliphatic heterocycles. The van der Waals surface area contributed by atoms with Crippen LogP contribution >= 0.6 is 0 Å². The molecule has 4 heteroatoms. The average Bonchev–Trinajstić information content (AvgIpc) is 2.22. The Balaban J connectivity index is 2.08. The lowest BCUT2D eigenvalue weighted by Gasteiger charge is -2.26. The lowest BCUT2D eigenvalue weighted by molar-refractivity contribution is 0.333. The summed E-state index contributed by atoms with van der Waals surface area (Å²) in [6.45, 7) is 8.02. The highest BCUT2D eigenvalue weighted by atomic mass is 15.1. The van der Waals surface area contributed by atoms with E-state index >= 15 is 0 Å². The van der Waals surface area contributed by atoms with E-state index < -0.39 is 0 Å². The van der Waals surface area contributed by atoms with Crippen molar-refractivity contribution in [1.82, 2.24) is 9.97 Å². The molecule has 0 amide bonds. The van der Waals surface area contributed by atoms with Gasteiger partial charge in [-0.3, -0.25) is 0 Å². The van der Waals surface area contributed by atoms with Crippen LogP contribution in [0.3, 0.4) is 0 Å². The van der Waals surface area contributed by atoms with Gasteiger partial charge in [-0.15, -0.1) is 0 Å². The van der Waals surface area contributed by atoms with Crippen LogP contribution in [0, 0.1) is 19.8 Å². The van der Waals surface area contributed by atoms with Crippen LogP contribution in [-0.4, -0.2) is 23.1 Å². The summed E-state index contributed by atoms with van der Waals surface area (Å²) in [6.07, 6.45) is 4.10. The maximum absolute atomic E-state index is 4.48. The van der Waals surface area contributed by atoms with Crippen LogP contribution in [0.15, 0.2) is 0 Å². The SMILES string of the molecule is CCNc1nc(C)nc(NCC2CCC2)c1C. The maximum Gasteiger partial charge on any atom is 0.134 e. The van der Waals surface area contributed by atoms with Gasteiger partial charge in [-0.25, -0.2) is 9.97 Å². The van der Waals surface area contributed by atoms with Gasteiger partial charge in [0.2, 0.25) is 0 Å². The predicted molar refractivity (Wildman–Crippen MR) is 71.5 cm³/mol. The molecule has 0 atom stereocenters. The number of hydrogen-bond acceptors (Lipinski definition) is 4. The molecule has 0 saturated heterocycles. The monoisotopic (exact) mass is 234 g/mol. The Morgan fingerprint density at radius 2 is 1.76 bits per heavy atom. The van der Waals surface area contributed by atoms with E-state index in [1.807, 2.05) is 6.92 Å².